The van der Waals surface area contributed by atoms with Crippen LogP contribution in [0.3, 0.4) is 0 Å². The maximum atomic E-state index is 12.4. The molecule has 1 N–H and O–H groups in total. The summed E-state index contributed by atoms with van der Waals surface area (Å²) in [7, 11) is 0. The van der Waals surface area contributed by atoms with Crippen LogP contribution < -0.4 is 0 Å². The Morgan fingerprint density at radius 3 is 3.06 bits per heavy atom. The second-order valence-corrected chi connectivity index (χ2v) is 6.18. The molecule has 1 amide bonds. The average molecular weight is 410 g/mol. The average Bonchev–Trinajstić information content (AvgIpc) is 2.79. The minimum atomic E-state index is -0.0164. The molecule has 1 aliphatic heterocycles. The highest BCUT2D eigenvalue weighted by Crippen LogP contribution is 2.24. The maximum absolute atomic E-state index is 12.4. The monoisotopic (exact) mass is 409 g/mol. The molecule has 3 nitrogen and oxygen atoms in total. The van der Waals surface area contributed by atoms with E-state index in [0.717, 1.165) is 27.4 Å². The summed E-state index contributed by atoms with van der Waals surface area (Å²) < 4.78 is 1.85. The number of hydrogen-bond acceptors (Lipinski definition) is 2. The molecular weight excluding hydrogens is 397 g/mol. The van der Waals surface area contributed by atoms with Crippen LogP contribution in [0.2, 0.25) is 0 Å². The van der Waals surface area contributed by atoms with Gasteiger partial charge in [-0.2, -0.15) is 0 Å². The lowest BCUT2D eigenvalue weighted by Gasteiger charge is -2.23. The Labute approximate surface area is 122 Å². The number of halogens is 2. The summed E-state index contributed by atoms with van der Waals surface area (Å²) in [6, 6.07) is 5.67. The minimum absolute atomic E-state index is 0.0164. The van der Waals surface area contributed by atoms with Gasteiger partial charge in [0, 0.05) is 14.6 Å². The van der Waals surface area contributed by atoms with Crippen LogP contribution in [0.5, 0.6) is 0 Å². The molecule has 17 heavy (non-hydrogen) atoms. The van der Waals surface area contributed by atoms with Gasteiger partial charge >= 0.3 is 0 Å². The van der Waals surface area contributed by atoms with Gasteiger partial charge in [0.1, 0.15) is 0 Å². The van der Waals surface area contributed by atoms with Crippen LogP contribution >= 0.6 is 38.5 Å². The van der Waals surface area contributed by atoms with Crippen LogP contribution in [0.15, 0.2) is 22.7 Å². The van der Waals surface area contributed by atoms with Crippen molar-refractivity contribution < 1.29 is 9.90 Å². The first-order chi connectivity index (χ1) is 8.13. The molecule has 1 saturated heterocycles. The van der Waals surface area contributed by atoms with Gasteiger partial charge in [-0.3, -0.25) is 4.79 Å². The standard InChI is InChI=1S/C12H13BrINO2/c13-8-3-4-11(14)10(6-8)12(17)15-5-1-2-9(15)7-16/h3-4,6,9,16H,1-2,5,7H2/t9-/m1/s1. The van der Waals surface area contributed by atoms with Crippen molar-refractivity contribution in [3.05, 3.63) is 31.8 Å². The quantitative estimate of drug-likeness (QED) is 0.763. The summed E-state index contributed by atoms with van der Waals surface area (Å²) in [6.45, 7) is 0.795. The fourth-order valence-electron chi connectivity index (χ4n) is 2.11. The van der Waals surface area contributed by atoms with Crippen molar-refractivity contribution in [2.75, 3.05) is 13.2 Å². The molecule has 0 bridgehead atoms. The molecule has 1 aromatic rings. The van der Waals surface area contributed by atoms with Crippen LogP contribution in [-0.2, 0) is 0 Å². The lowest BCUT2D eigenvalue weighted by Crippen LogP contribution is -2.37. The van der Waals surface area contributed by atoms with Gasteiger partial charge < -0.3 is 10.0 Å². The number of amides is 1. The lowest BCUT2D eigenvalue weighted by molar-refractivity contribution is 0.0676. The van der Waals surface area contributed by atoms with Gasteiger partial charge in [0.15, 0.2) is 0 Å². The first-order valence-corrected chi connectivity index (χ1v) is 7.37. The van der Waals surface area contributed by atoms with E-state index in [1.165, 1.54) is 0 Å². The second kappa shape index (κ2) is 5.67. The zero-order valence-electron chi connectivity index (χ0n) is 9.20. The third kappa shape index (κ3) is 2.82. The predicted octanol–water partition coefficient (Wildman–Crippen LogP) is 2.65. The number of aliphatic hydroxyl groups is 1. The van der Waals surface area contributed by atoms with E-state index in [-0.39, 0.29) is 18.6 Å². The normalized spacial score (nSPS) is 19.7. The van der Waals surface area contributed by atoms with Crippen LogP contribution in [-0.4, -0.2) is 35.1 Å². The molecule has 1 fully saturated rings. The summed E-state index contributed by atoms with van der Waals surface area (Å²) in [5, 5.41) is 9.25. The first kappa shape index (κ1) is 13.3. The van der Waals surface area contributed by atoms with Crippen molar-refractivity contribution in [1.82, 2.24) is 4.90 Å². The molecular formula is C12H13BrINO2. The Kier molecular flexibility index (Phi) is 4.43. The van der Waals surface area contributed by atoms with Crippen molar-refractivity contribution in [2.45, 2.75) is 18.9 Å². The maximum Gasteiger partial charge on any atom is 0.255 e. The zero-order valence-corrected chi connectivity index (χ0v) is 12.9. The highest BCUT2D eigenvalue weighted by molar-refractivity contribution is 14.1. The molecule has 0 aromatic heterocycles. The van der Waals surface area contributed by atoms with Crippen LogP contribution in [0, 0.1) is 3.57 Å². The Balaban J connectivity index is 2.27. The zero-order chi connectivity index (χ0) is 12.4. The van der Waals surface area contributed by atoms with Crippen molar-refractivity contribution >= 4 is 44.4 Å². The van der Waals surface area contributed by atoms with Gasteiger partial charge in [0.2, 0.25) is 0 Å². The van der Waals surface area contributed by atoms with Crippen molar-refractivity contribution in [3.8, 4) is 0 Å². The molecule has 1 aliphatic rings. The smallest absolute Gasteiger partial charge is 0.255 e. The van der Waals surface area contributed by atoms with E-state index in [1.807, 2.05) is 18.2 Å². The van der Waals surface area contributed by atoms with Crippen LogP contribution in [0.1, 0.15) is 23.2 Å². The molecule has 0 unspecified atom stereocenters. The number of likely N-dealkylation sites (tertiary alicyclic amines) is 1. The molecule has 0 radical (unpaired) electrons. The molecule has 1 heterocycles. The Hall–Kier alpha value is -0.140. The third-order valence-corrected chi connectivity index (χ3v) is 4.44. The van der Waals surface area contributed by atoms with Gasteiger partial charge in [0.05, 0.1) is 18.2 Å². The predicted molar refractivity (Wildman–Crippen MR) is 78.0 cm³/mol. The molecule has 0 spiro atoms. The van der Waals surface area contributed by atoms with Crippen molar-refractivity contribution in [1.29, 1.82) is 0 Å². The third-order valence-electron chi connectivity index (χ3n) is 3.01. The molecule has 1 atom stereocenters. The number of carbonyl (C=O) groups is 1. The summed E-state index contributed by atoms with van der Waals surface area (Å²) >= 11 is 5.55. The van der Waals surface area contributed by atoms with Gasteiger partial charge in [0.25, 0.3) is 5.91 Å². The number of carbonyl (C=O) groups excluding carboxylic acids is 1. The molecule has 92 valence electrons. The Bertz CT molecular complexity index is 439. The number of nitrogens with zero attached hydrogens (tertiary/aromatic N) is 1. The fourth-order valence-corrected chi connectivity index (χ4v) is 3.04. The largest absolute Gasteiger partial charge is 0.394 e. The Morgan fingerprint density at radius 2 is 2.35 bits per heavy atom. The highest BCUT2D eigenvalue weighted by Gasteiger charge is 2.29. The van der Waals surface area contributed by atoms with Crippen LogP contribution in [0.25, 0.3) is 0 Å². The number of hydrogen-bond donors (Lipinski definition) is 1. The lowest BCUT2D eigenvalue weighted by atomic mass is 10.2. The van der Waals surface area contributed by atoms with Gasteiger partial charge in [-0.15, -0.1) is 0 Å². The summed E-state index contributed by atoms with van der Waals surface area (Å²) in [4.78, 5) is 14.2. The molecule has 0 aliphatic carbocycles. The number of rotatable bonds is 2. The highest BCUT2D eigenvalue weighted by atomic mass is 127. The Morgan fingerprint density at radius 1 is 1.59 bits per heavy atom. The van der Waals surface area contributed by atoms with E-state index < -0.39 is 0 Å². The van der Waals surface area contributed by atoms with E-state index >= 15 is 0 Å². The molecule has 1 aromatic carbocycles. The summed E-state index contributed by atoms with van der Waals surface area (Å²) in [5.41, 5.74) is 0.709. The second-order valence-electron chi connectivity index (χ2n) is 4.10. The van der Waals surface area contributed by atoms with E-state index in [2.05, 4.69) is 38.5 Å². The van der Waals surface area contributed by atoms with Gasteiger partial charge in [-0.1, -0.05) is 15.9 Å². The van der Waals surface area contributed by atoms with E-state index in [9.17, 15) is 9.90 Å². The SMILES string of the molecule is O=C(c1cc(Br)ccc1I)N1CCC[C@@H]1CO. The summed E-state index contributed by atoms with van der Waals surface area (Å²) in [5.74, 6) is 0.0206. The minimum Gasteiger partial charge on any atom is -0.394 e. The molecule has 5 heteroatoms. The summed E-state index contributed by atoms with van der Waals surface area (Å²) in [6.07, 6.45) is 1.87. The fraction of sp³-hybridized carbons (Fsp3) is 0.417. The van der Waals surface area contributed by atoms with E-state index in [0.29, 0.717) is 5.56 Å². The molecule has 2 rings (SSSR count). The van der Waals surface area contributed by atoms with Crippen molar-refractivity contribution in [2.24, 2.45) is 0 Å². The van der Waals surface area contributed by atoms with E-state index in [1.54, 1.807) is 4.90 Å². The molecule has 0 saturated carbocycles. The van der Waals surface area contributed by atoms with E-state index in [4.69, 9.17) is 0 Å². The number of benzene rings is 1. The van der Waals surface area contributed by atoms with Crippen LogP contribution in [0.4, 0.5) is 0 Å². The number of aliphatic hydroxyl groups excluding tert-OH is 1. The topological polar surface area (TPSA) is 40.5 Å². The van der Waals surface area contributed by atoms with Gasteiger partial charge in [-0.25, -0.2) is 0 Å². The van der Waals surface area contributed by atoms with Gasteiger partial charge in [-0.05, 0) is 53.6 Å². The van der Waals surface area contributed by atoms with Crippen molar-refractivity contribution in [3.63, 3.8) is 0 Å². The first-order valence-electron chi connectivity index (χ1n) is 5.50.